The number of nitrogens with zero attached hydrogens (tertiary/aromatic N) is 1. The summed E-state index contributed by atoms with van der Waals surface area (Å²) in [5, 5.41) is 12.3. The molecule has 0 spiro atoms. The van der Waals surface area contributed by atoms with Crippen molar-refractivity contribution in [2.45, 2.75) is 77.2 Å². The maximum absolute atomic E-state index is 11.8. The van der Waals surface area contributed by atoms with Crippen LogP contribution in [0.2, 0.25) is 0 Å². The summed E-state index contributed by atoms with van der Waals surface area (Å²) >= 11 is 0. The first-order valence-electron chi connectivity index (χ1n) is 7.38. The SMILES string of the molecule is CCCCCC(=O)NC1(C#N)CCC(CC)CC1. The molecule has 102 valence electrons. The number of hydrogen-bond acceptors (Lipinski definition) is 2. The highest BCUT2D eigenvalue weighted by Crippen LogP contribution is 2.33. The first-order valence-corrected chi connectivity index (χ1v) is 7.38. The maximum Gasteiger partial charge on any atom is 0.221 e. The van der Waals surface area contributed by atoms with Gasteiger partial charge in [-0.3, -0.25) is 4.79 Å². The van der Waals surface area contributed by atoms with Gasteiger partial charge in [0.05, 0.1) is 6.07 Å². The van der Waals surface area contributed by atoms with Crippen molar-refractivity contribution in [2.24, 2.45) is 5.92 Å². The second kappa shape index (κ2) is 7.41. The minimum absolute atomic E-state index is 0.0555. The van der Waals surface area contributed by atoms with Crippen molar-refractivity contribution in [1.29, 1.82) is 5.26 Å². The zero-order chi connectivity index (χ0) is 13.4. The third kappa shape index (κ3) is 4.33. The van der Waals surface area contributed by atoms with Crippen LogP contribution in [0.1, 0.15) is 71.6 Å². The zero-order valence-corrected chi connectivity index (χ0v) is 11.8. The Morgan fingerprint density at radius 2 is 2.00 bits per heavy atom. The summed E-state index contributed by atoms with van der Waals surface area (Å²) in [6.45, 7) is 4.33. The smallest absolute Gasteiger partial charge is 0.221 e. The standard InChI is InChI=1S/C15H26N2O/c1-3-5-6-7-14(18)17-15(12-16)10-8-13(4-2)9-11-15/h13H,3-11H2,1-2H3,(H,17,18). The van der Waals surface area contributed by atoms with Gasteiger partial charge in [0.15, 0.2) is 0 Å². The van der Waals surface area contributed by atoms with Crippen LogP contribution in [0.25, 0.3) is 0 Å². The molecule has 0 aromatic rings. The molecule has 0 saturated heterocycles. The second-order valence-electron chi connectivity index (χ2n) is 5.55. The van der Waals surface area contributed by atoms with Crippen LogP contribution in [-0.4, -0.2) is 11.4 Å². The Morgan fingerprint density at radius 1 is 1.33 bits per heavy atom. The number of carbonyl (C=O) groups is 1. The Balaban J connectivity index is 2.42. The van der Waals surface area contributed by atoms with Gasteiger partial charge >= 0.3 is 0 Å². The minimum atomic E-state index is -0.574. The number of nitrogens with one attached hydrogen (secondary N) is 1. The van der Waals surface area contributed by atoms with Crippen LogP contribution >= 0.6 is 0 Å². The molecule has 0 aromatic heterocycles. The van der Waals surface area contributed by atoms with Crippen LogP contribution in [0.3, 0.4) is 0 Å². The summed E-state index contributed by atoms with van der Waals surface area (Å²) in [7, 11) is 0. The Morgan fingerprint density at radius 3 is 2.50 bits per heavy atom. The number of hydrogen-bond donors (Lipinski definition) is 1. The third-order valence-corrected chi connectivity index (χ3v) is 4.14. The van der Waals surface area contributed by atoms with Crippen molar-refractivity contribution in [1.82, 2.24) is 5.32 Å². The topological polar surface area (TPSA) is 52.9 Å². The van der Waals surface area contributed by atoms with E-state index in [1.165, 1.54) is 6.42 Å². The highest BCUT2D eigenvalue weighted by atomic mass is 16.1. The van der Waals surface area contributed by atoms with E-state index in [0.717, 1.165) is 50.9 Å². The number of nitriles is 1. The molecular weight excluding hydrogens is 224 g/mol. The Labute approximate surface area is 111 Å². The van der Waals surface area contributed by atoms with Crippen molar-refractivity contribution >= 4 is 5.91 Å². The summed E-state index contributed by atoms with van der Waals surface area (Å²) < 4.78 is 0. The lowest BCUT2D eigenvalue weighted by atomic mass is 9.76. The lowest BCUT2D eigenvalue weighted by Crippen LogP contribution is -2.49. The van der Waals surface area contributed by atoms with Gasteiger partial charge in [0.25, 0.3) is 0 Å². The van der Waals surface area contributed by atoms with Crippen LogP contribution in [0.5, 0.6) is 0 Å². The average Bonchev–Trinajstić information content (AvgIpc) is 2.40. The summed E-state index contributed by atoms with van der Waals surface area (Å²) in [5.74, 6) is 0.795. The zero-order valence-electron chi connectivity index (χ0n) is 11.8. The van der Waals surface area contributed by atoms with E-state index in [-0.39, 0.29) is 5.91 Å². The van der Waals surface area contributed by atoms with E-state index >= 15 is 0 Å². The van der Waals surface area contributed by atoms with Crippen LogP contribution in [-0.2, 0) is 4.79 Å². The van der Waals surface area contributed by atoms with Crippen molar-refractivity contribution in [3.05, 3.63) is 0 Å². The fourth-order valence-electron chi connectivity index (χ4n) is 2.71. The molecule has 0 unspecified atom stereocenters. The van der Waals surface area contributed by atoms with Gasteiger partial charge in [-0.15, -0.1) is 0 Å². The lowest BCUT2D eigenvalue weighted by Gasteiger charge is -2.35. The van der Waals surface area contributed by atoms with Gasteiger partial charge in [-0.2, -0.15) is 5.26 Å². The van der Waals surface area contributed by atoms with E-state index in [9.17, 15) is 10.1 Å². The number of carbonyl (C=O) groups excluding carboxylic acids is 1. The molecule has 0 bridgehead atoms. The van der Waals surface area contributed by atoms with Gasteiger partial charge in [0, 0.05) is 6.42 Å². The molecule has 3 nitrogen and oxygen atoms in total. The van der Waals surface area contributed by atoms with E-state index in [2.05, 4.69) is 25.2 Å². The van der Waals surface area contributed by atoms with Crippen molar-refractivity contribution in [3.8, 4) is 6.07 Å². The van der Waals surface area contributed by atoms with Gasteiger partial charge in [-0.25, -0.2) is 0 Å². The molecule has 1 aliphatic rings. The van der Waals surface area contributed by atoms with E-state index in [1.54, 1.807) is 0 Å². The largest absolute Gasteiger partial charge is 0.338 e. The molecule has 18 heavy (non-hydrogen) atoms. The molecule has 0 radical (unpaired) electrons. The molecular formula is C15H26N2O. The monoisotopic (exact) mass is 250 g/mol. The van der Waals surface area contributed by atoms with Gasteiger partial charge in [0.2, 0.25) is 5.91 Å². The summed E-state index contributed by atoms with van der Waals surface area (Å²) in [4.78, 5) is 11.8. The summed E-state index contributed by atoms with van der Waals surface area (Å²) in [6, 6.07) is 2.35. The van der Waals surface area contributed by atoms with E-state index in [1.807, 2.05) is 0 Å². The van der Waals surface area contributed by atoms with Gasteiger partial charge in [0.1, 0.15) is 5.54 Å². The van der Waals surface area contributed by atoms with Crippen LogP contribution in [0, 0.1) is 17.2 Å². The Hall–Kier alpha value is -1.04. The van der Waals surface area contributed by atoms with Gasteiger partial charge in [-0.1, -0.05) is 33.1 Å². The fraction of sp³-hybridized carbons (Fsp3) is 0.867. The number of rotatable bonds is 6. The highest BCUT2D eigenvalue weighted by molar-refractivity contribution is 5.77. The maximum atomic E-state index is 11.8. The fourth-order valence-corrected chi connectivity index (χ4v) is 2.71. The van der Waals surface area contributed by atoms with Gasteiger partial charge < -0.3 is 5.32 Å². The quantitative estimate of drug-likeness (QED) is 0.733. The summed E-state index contributed by atoms with van der Waals surface area (Å²) in [5.41, 5.74) is -0.574. The molecule has 1 saturated carbocycles. The minimum Gasteiger partial charge on any atom is -0.338 e. The molecule has 0 atom stereocenters. The number of amides is 1. The molecule has 1 fully saturated rings. The first kappa shape index (κ1) is 15.0. The van der Waals surface area contributed by atoms with E-state index in [0.29, 0.717) is 6.42 Å². The second-order valence-corrected chi connectivity index (χ2v) is 5.55. The van der Waals surface area contributed by atoms with Gasteiger partial charge in [-0.05, 0) is 38.0 Å². The predicted octanol–water partition coefficient (Wildman–Crippen LogP) is 3.55. The third-order valence-electron chi connectivity index (χ3n) is 4.14. The van der Waals surface area contributed by atoms with E-state index in [4.69, 9.17) is 0 Å². The molecule has 0 aliphatic heterocycles. The van der Waals surface area contributed by atoms with Crippen LogP contribution < -0.4 is 5.32 Å². The van der Waals surface area contributed by atoms with Crippen molar-refractivity contribution < 1.29 is 4.79 Å². The molecule has 0 heterocycles. The molecule has 1 N–H and O–H groups in total. The first-order chi connectivity index (χ1) is 8.65. The Kier molecular flexibility index (Phi) is 6.18. The van der Waals surface area contributed by atoms with Crippen molar-refractivity contribution in [3.63, 3.8) is 0 Å². The van der Waals surface area contributed by atoms with Crippen LogP contribution in [0.4, 0.5) is 0 Å². The molecule has 1 rings (SSSR count). The lowest BCUT2D eigenvalue weighted by molar-refractivity contribution is -0.123. The predicted molar refractivity (Wildman–Crippen MR) is 72.9 cm³/mol. The number of unbranched alkanes of at least 4 members (excludes halogenated alkanes) is 2. The van der Waals surface area contributed by atoms with Crippen LogP contribution in [0.15, 0.2) is 0 Å². The normalized spacial score (nSPS) is 27.5. The average molecular weight is 250 g/mol. The molecule has 0 aromatic carbocycles. The molecule has 3 heteroatoms. The Bertz CT molecular complexity index is 298. The molecule has 1 amide bonds. The highest BCUT2D eigenvalue weighted by Gasteiger charge is 2.36. The van der Waals surface area contributed by atoms with Crippen molar-refractivity contribution in [2.75, 3.05) is 0 Å². The summed E-state index contributed by atoms with van der Waals surface area (Å²) in [6.07, 6.45) is 8.67. The van der Waals surface area contributed by atoms with E-state index < -0.39 is 5.54 Å². The molecule has 1 aliphatic carbocycles.